The van der Waals surface area contributed by atoms with E-state index in [-0.39, 0.29) is 12.1 Å². The van der Waals surface area contributed by atoms with Crippen molar-refractivity contribution in [2.45, 2.75) is 32.4 Å². The third-order valence-electron chi connectivity index (χ3n) is 3.98. The van der Waals surface area contributed by atoms with Crippen LogP contribution in [0.1, 0.15) is 29.4 Å². The molecule has 1 aliphatic rings. The maximum atomic E-state index is 10.1. The van der Waals surface area contributed by atoms with E-state index in [4.69, 9.17) is 4.74 Å². The lowest BCUT2D eigenvalue weighted by Gasteiger charge is -2.25. The minimum absolute atomic E-state index is 0.0614. The van der Waals surface area contributed by atoms with Crippen molar-refractivity contribution in [3.05, 3.63) is 47.3 Å². The summed E-state index contributed by atoms with van der Waals surface area (Å²) in [5.74, 6) is 1.50. The van der Waals surface area contributed by atoms with E-state index in [2.05, 4.69) is 20.9 Å². The maximum Gasteiger partial charge on any atom is 0.226 e. The van der Waals surface area contributed by atoms with Crippen molar-refractivity contribution in [3.8, 4) is 5.75 Å². The minimum atomic E-state index is -0.374. The van der Waals surface area contributed by atoms with Crippen LogP contribution >= 0.6 is 0 Å². The Bertz CT molecular complexity index is 654. The van der Waals surface area contributed by atoms with Crippen LogP contribution in [0.4, 0.5) is 5.95 Å². The van der Waals surface area contributed by atoms with E-state index in [1.165, 1.54) is 0 Å². The monoisotopic (exact) mass is 299 g/mol. The third-order valence-corrected chi connectivity index (χ3v) is 3.98. The van der Waals surface area contributed by atoms with Gasteiger partial charge in [0.05, 0.1) is 19.3 Å². The fourth-order valence-corrected chi connectivity index (χ4v) is 3.04. The topological polar surface area (TPSA) is 58.5 Å². The lowest BCUT2D eigenvalue weighted by molar-refractivity contribution is 0.194. The summed E-state index contributed by atoms with van der Waals surface area (Å²) in [7, 11) is 1.66. The second-order valence-corrected chi connectivity index (χ2v) is 5.79. The number of anilines is 1. The normalized spacial score (nSPS) is 21.2. The number of aliphatic hydroxyl groups is 1. The van der Waals surface area contributed by atoms with E-state index in [1.807, 2.05) is 38.1 Å². The van der Waals surface area contributed by atoms with Gasteiger partial charge in [0.25, 0.3) is 0 Å². The van der Waals surface area contributed by atoms with Crippen LogP contribution in [0.3, 0.4) is 0 Å². The molecule has 0 unspecified atom stereocenters. The molecule has 1 aliphatic heterocycles. The highest BCUT2D eigenvalue weighted by atomic mass is 16.5. The Morgan fingerprint density at radius 2 is 1.91 bits per heavy atom. The fraction of sp³-hybridized carbons (Fsp3) is 0.412. The largest absolute Gasteiger partial charge is 0.497 e. The molecule has 2 atom stereocenters. The first-order valence-electron chi connectivity index (χ1n) is 7.48. The fourth-order valence-electron chi connectivity index (χ4n) is 3.04. The molecule has 1 aromatic carbocycles. The van der Waals surface area contributed by atoms with Crippen LogP contribution in [0, 0.1) is 13.8 Å². The van der Waals surface area contributed by atoms with Gasteiger partial charge in [-0.2, -0.15) is 0 Å². The summed E-state index contributed by atoms with van der Waals surface area (Å²) in [6, 6.07) is 9.98. The number of rotatable bonds is 3. The predicted molar refractivity (Wildman–Crippen MR) is 85.2 cm³/mol. The molecular formula is C17H21N3O2. The minimum Gasteiger partial charge on any atom is -0.497 e. The molecule has 5 nitrogen and oxygen atoms in total. The van der Waals surface area contributed by atoms with Crippen molar-refractivity contribution < 1.29 is 9.84 Å². The van der Waals surface area contributed by atoms with Crippen LogP contribution in [0.5, 0.6) is 5.75 Å². The van der Waals surface area contributed by atoms with E-state index >= 15 is 0 Å². The molecule has 0 bridgehead atoms. The Morgan fingerprint density at radius 1 is 1.18 bits per heavy atom. The van der Waals surface area contributed by atoms with E-state index in [0.29, 0.717) is 18.9 Å². The summed E-state index contributed by atoms with van der Waals surface area (Å²) in [6.07, 6.45) is 0.296. The molecule has 22 heavy (non-hydrogen) atoms. The molecule has 0 radical (unpaired) electrons. The van der Waals surface area contributed by atoms with Crippen LogP contribution in [-0.2, 0) is 0 Å². The number of aryl methyl sites for hydroxylation is 2. The van der Waals surface area contributed by atoms with Gasteiger partial charge in [0.15, 0.2) is 0 Å². The number of nitrogens with zero attached hydrogens (tertiary/aromatic N) is 3. The Morgan fingerprint density at radius 3 is 2.59 bits per heavy atom. The Labute approximate surface area is 130 Å². The Balaban J connectivity index is 1.98. The van der Waals surface area contributed by atoms with Crippen molar-refractivity contribution in [1.82, 2.24) is 9.97 Å². The quantitative estimate of drug-likeness (QED) is 0.943. The average molecular weight is 299 g/mol. The second kappa shape index (κ2) is 5.93. The first-order chi connectivity index (χ1) is 10.6. The summed E-state index contributed by atoms with van der Waals surface area (Å²) < 4.78 is 5.31. The molecule has 1 N–H and O–H groups in total. The van der Waals surface area contributed by atoms with Gasteiger partial charge in [-0.1, -0.05) is 12.1 Å². The summed E-state index contributed by atoms with van der Waals surface area (Å²) >= 11 is 0. The van der Waals surface area contributed by atoms with Crippen LogP contribution in [0.2, 0.25) is 0 Å². The maximum absolute atomic E-state index is 10.1. The Kier molecular flexibility index (Phi) is 3.98. The molecule has 5 heteroatoms. The second-order valence-electron chi connectivity index (χ2n) is 5.79. The molecular weight excluding hydrogens is 278 g/mol. The molecule has 116 valence electrons. The zero-order valence-electron chi connectivity index (χ0n) is 13.2. The standard InChI is InChI=1S/C17H21N3O2/c1-11-7-12(2)19-17(18-11)20-10-14(21)9-16(20)13-5-4-6-15(8-13)22-3/h4-8,14,16,21H,9-10H2,1-3H3/t14-,16+/m0/s1. The van der Waals surface area contributed by atoms with Crippen molar-refractivity contribution in [2.75, 3.05) is 18.6 Å². The summed E-state index contributed by atoms with van der Waals surface area (Å²) in [5, 5.41) is 10.1. The van der Waals surface area contributed by atoms with Crippen LogP contribution in [0.15, 0.2) is 30.3 Å². The summed E-state index contributed by atoms with van der Waals surface area (Å²) in [6.45, 7) is 4.47. The molecule has 2 aromatic rings. The van der Waals surface area contributed by atoms with Gasteiger partial charge in [-0.25, -0.2) is 9.97 Å². The van der Waals surface area contributed by atoms with E-state index in [0.717, 1.165) is 22.7 Å². The molecule has 0 amide bonds. The predicted octanol–water partition coefficient (Wildman–Crippen LogP) is 2.41. The number of ether oxygens (including phenoxy) is 1. The van der Waals surface area contributed by atoms with Crippen molar-refractivity contribution in [3.63, 3.8) is 0 Å². The number of hydrogen-bond donors (Lipinski definition) is 1. The molecule has 0 aliphatic carbocycles. The number of hydrogen-bond acceptors (Lipinski definition) is 5. The smallest absolute Gasteiger partial charge is 0.226 e. The third kappa shape index (κ3) is 2.90. The van der Waals surface area contributed by atoms with Gasteiger partial charge < -0.3 is 14.7 Å². The average Bonchev–Trinajstić information content (AvgIpc) is 2.88. The highest BCUT2D eigenvalue weighted by Gasteiger charge is 2.34. The number of aromatic nitrogens is 2. The summed E-state index contributed by atoms with van der Waals surface area (Å²) in [5.41, 5.74) is 2.99. The lowest BCUT2D eigenvalue weighted by Crippen LogP contribution is -2.26. The van der Waals surface area contributed by atoms with Crippen molar-refractivity contribution >= 4 is 5.95 Å². The van der Waals surface area contributed by atoms with Crippen LogP contribution < -0.4 is 9.64 Å². The van der Waals surface area contributed by atoms with Crippen molar-refractivity contribution in [1.29, 1.82) is 0 Å². The molecule has 1 fully saturated rings. The number of aliphatic hydroxyl groups excluding tert-OH is 1. The zero-order valence-corrected chi connectivity index (χ0v) is 13.2. The summed E-state index contributed by atoms with van der Waals surface area (Å²) in [4.78, 5) is 11.2. The number of methoxy groups -OCH3 is 1. The first-order valence-corrected chi connectivity index (χ1v) is 7.48. The molecule has 3 rings (SSSR count). The highest BCUT2D eigenvalue weighted by molar-refractivity contribution is 5.42. The Hall–Kier alpha value is -2.14. The number of β-amino-alcohol motifs (C(OH)–C–C–N with tert-alkyl or cyclic N) is 1. The number of benzene rings is 1. The van der Waals surface area contributed by atoms with Gasteiger partial charge in [0.2, 0.25) is 5.95 Å². The molecule has 1 aromatic heterocycles. The lowest BCUT2D eigenvalue weighted by atomic mass is 10.0. The van der Waals surface area contributed by atoms with Gasteiger partial charge in [-0.3, -0.25) is 0 Å². The zero-order chi connectivity index (χ0) is 15.7. The molecule has 1 saturated heterocycles. The molecule has 0 spiro atoms. The van der Waals surface area contributed by atoms with Gasteiger partial charge in [-0.05, 0) is 44.0 Å². The molecule has 0 saturated carbocycles. The van der Waals surface area contributed by atoms with Crippen LogP contribution in [-0.4, -0.2) is 34.8 Å². The van der Waals surface area contributed by atoms with Gasteiger partial charge >= 0.3 is 0 Å². The molecule has 2 heterocycles. The van der Waals surface area contributed by atoms with Gasteiger partial charge in [0, 0.05) is 17.9 Å². The van der Waals surface area contributed by atoms with E-state index in [1.54, 1.807) is 7.11 Å². The first kappa shape index (κ1) is 14.8. The van der Waals surface area contributed by atoms with Gasteiger partial charge in [0.1, 0.15) is 5.75 Å². The van der Waals surface area contributed by atoms with Crippen LogP contribution in [0.25, 0.3) is 0 Å². The SMILES string of the molecule is COc1cccc([C@H]2C[C@H](O)CN2c2nc(C)cc(C)n2)c1. The van der Waals surface area contributed by atoms with E-state index in [9.17, 15) is 5.11 Å². The highest BCUT2D eigenvalue weighted by Crippen LogP contribution is 2.35. The van der Waals surface area contributed by atoms with Crippen molar-refractivity contribution in [2.24, 2.45) is 0 Å². The van der Waals surface area contributed by atoms with Gasteiger partial charge in [-0.15, -0.1) is 0 Å². The van der Waals surface area contributed by atoms with E-state index < -0.39 is 0 Å².